The normalized spacial score (nSPS) is 17.6. The van der Waals surface area contributed by atoms with Gasteiger partial charge in [-0.3, -0.25) is 9.69 Å². The van der Waals surface area contributed by atoms with Gasteiger partial charge in [0.1, 0.15) is 6.29 Å². The van der Waals surface area contributed by atoms with E-state index in [1.54, 1.807) is 0 Å². The number of rotatable bonds is 3. The molecule has 1 heterocycles. The second-order valence-corrected chi connectivity index (χ2v) is 3.89. The van der Waals surface area contributed by atoms with Crippen molar-refractivity contribution >= 4 is 6.29 Å². The van der Waals surface area contributed by atoms with E-state index in [-0.39, 0.29) is 0 Å². The molecule has 1 aliphatic rings. The van der Waals surface area contributed by atoms with Crippen LogP contribution in [0.15, 0.2) is 24.3 Å². The molecule has 0 aliphatic carbocycles. The van der Waals surface area contributed by atoms with Crippen molar-refractivity contribution in [2.24, 2.45) is 0 Å². The van der Waals surface area contributed by atoms with Crippen LogP contribution in [0.25, 0.3) is 0 Å². The van der Waals surface area contributed by atoms with Gasteiger partial charge >= 0.3 is 0 Å². The highest BCUT2D eigenvalue weighted by Gasteiger charge is 2.09. The molecule has 0 radical (unpaired) electrons. The minimum atomic E-state index is 0.766. The van der Waals surface area contributed by atoms with Crippen molar-refractivity contribution in [3.63, 3.8) is 0 Å². The molecule has 1 saturated heterocycles. The van der Waals surface area contributed by atoms with E-state index in [9.17, 15) is 4.79 Å². The van der Waals surface area contributed by atoms with Gasteiger partial charge in [0.25, 0.3) is 0 Å². The third-order valence-corrected chi connectivity index (χ3v) is 2.70. The molecule has 1 aromatic rings. The fourth-order valence-corrected chi connectivity index (χ4v) is 1.89. The summed E-state index contributed by atoms with van der Waals surface area (Å²) in [5, 5.41) is 3.33. The van der Waals surface area contributed by atoms with Gasteiger partial charge in [-0.05, 0) is 11.6 Å². The van der Waals surface area contributed by atoms with E-state index in [2.05, 4.69) is 16.3 Å². The summed E-state index contributed by atoms with van der Waals surface area (Å²) in [7, 11) is 0. The fraction of sp³-hybridized carbons (Fsp3) is 0.417. The highest BCUT2D eigenvalue weighted by atomic mass is 16.1. The molecule has 3 heteroatoms. The maximum absolute atomic E-state index is 10.6. The van der Waals surface area contributed by atoms with Crippen LogP contribution in [0.3, 0.4) is 0 Å². The third kappa shape index (κ3) is 2.88. The standard InChI is InChI=1S/C12H16N2O/c15-10-12-3-1-2-11(8-12)9-14-6-4-13-5-7-14/h1-3,8,10,13H,4-7,9H2. The molecule has 15 heavy (non-hydrogen) atoms. The van der Waals surface area contributed by atoms with Gasteiger partial charge in [-0.25, -0.2) is 0 Å². The highest BCUT2D eigenvalue weighted by molar-refractivity contribution is 5.74. The molecule has 3 nitrogen and oxygen atoms in total. The lowest BCUT2D eigenvalue weighted by molar-refractivity contribution is 0.112. The fourth-order valence-electron chi connectivity index (χ4n) is 1.89. The predicted octanol–water partition coefficient (Wildman–Crippen LogP) is 0.904. The van der Waals surface area contributed by atoms with Crippen molar-refractivity contribution in [2.45, 2.75) is 6.54 Å². The summed E-state index contributed by atoms with van der Waals surface area (Å²) in [5.74, 6) is 0. The summed E-state index contributed by atoms with van der Waals surface area (Å²) in [6, 6.07) is 7.83. The molecule has 1 aliphatic heterocycles. The van der Waals surface area contributed by atoms with Gasteiger partial charge in [0.2, 0.25) is 0 Å². The van der Waals surface area contributed by atoms with E-state index < -0.39 is 0 Å². The Kier molecular flexibility index (Phi) is 3.48. The SMILES string of the molecule is O=Cc1cccc(CN2CCNCC2)c1. The summed E-state index contributed by atoms with van der Waals surface area (Å²) in [4.78, 5) is 13.0. The van der Waals surface area contributed by atoms with Crippen molar-refractivity contribution in [3.05, 3.63) is 35.4 Å². The van der Waals surface area contributed by atoms with Crippen LogP contribution in [0.4, 0.5) is 0 Å². The van der Waals surface area contributed by atoms with Crippen LogP contribution in [0.5, 0.6) is 0 Å². The second-order valence-electron chi connectivity index (χ2n) is 3.89. The summed E-state index contributed by atoms with van der Waals surface area (Å²) < 4.78 is 0. The number of piperazine rings is 1. The topological polar surface area (TPSA) is 32.3 Å². The Morgan fingerprint density at radius 3 is 2.87 bits per heavy atom. The van der Waals surface area contributed by atoms with Gasteiger partial charge in [0.15, 0.2) is 0 Å². The molecule has 2 rings (SSSR count). The van der Waals surface area contributed by atoms with Crippen molar-refractivity contribution in [1.82, 2.24) is 10.2 Å². The van der Waals surface area contributed by atoms with E-state index in [1.165, 1.54) is 5.56 Å². The number of aldehydes is 1. The summed E-state index contributed by atoms with van der Waals surface area (Å²) >= 11 is 0. The lowest BCUT2D eigenvalue weighted by Crippen LogP contribution is -2.42. The minimum Gasteiger partial charge on any atom is -0.314 e. The monoisotopic (exact) mass is 204 g/mol. The number of nitrogens with zero attached hydrogens (tertiary/aromatic N) is 1. The first-order chi connectivity index (χ1) is 7.38. The summed E-state index contributed by atoms with van der Waals surface area (Å²) in [6.45, 7) is 5.25. The van der Waals surface area contributed by atoms with Gasteiger partial charge in [-0.15, -0.1) is 0 Å². The number of benzene rings is 1. The molecule has 0 aromatic heterocycles. The lowest BCUT2D eigenvalue weighted by atomic mass is 10.1. The maximum Gasteiger partial charge on any atom is 0.150 e. The van der Waals surface area contributed by atoms with Crippen molar-refractivity contribution in [1.29, 1.82) is 0 Å². The smallest absolute Gasteiger partial charge is 0.150 e. The van der Waals surface area contributed by atoms with Gasteiger partial charge in [0.05, 0.1) is 0 Å². The molecule has 1 aromatic carbocycles. The predicted molar refractivity (Wildman–Crippen MR) is 60.0 cm³/mol. The van der Waals surface area contributed by atoms with Crippen LogP contribution in [0.2, 0.25) is 0 Å². The van der Waals surface area contributed by atoms with Crippen LogP contribution in [-0.4, -0.2) is 37.4 Å². The first-order valence-corrected chi connectivity index (χ1v) is 5.36. The Morgan fingerprint density at radius 1 is 1.33 bits per heavy atom. The molecule has 0 bridgehead atoms. The molecule has 1 N–H and O–H groups in total. The minimum absolute atomic E-state index is 0.766. The Balaban J connectivity index is 1.99. The molecular formula is C12H16N2O. The second kappa shape index (κ2) is 5.05. The zero-order valence-corrected chi connectivity index (χ0v) is 8.78. The molecule has 0 atom stereocenters. The van der Waals surface area contributed by atoms with Gasteiger partial charge < -0.3 is 5.32 Å². The zero-order chi connectivity index (χ0) is 10.5. The van der Waals surface area contributed by atoms with Crippen molar-refractivity contribution in [3.8, 4) is 0 Å². The maximum atomic E-state index is 10.6. The van der Waals surface area contributed by atoms with E-state index in [1.807, 2.05) is 18.2 Å². The zero-order valence-electron chi connectivity index (χ0n) is 8.78. The van der Waals surface area contributed by atoms with Crippen molar-refractivity contribution < 1.29 is 4.79 Å². The van der Waals surface area contributed by atoms with Crippen LogP contribution >= 0.6 is 0 Å². The van der Waals surface area contributed by atoms with E-state index in [0.717, 1.165) is 44.6 Å². The summed E-state index contributed by atoms with van der Waals surface area (Å²) in [6.07, 6.45) is 0.904. The third-order valence-electron chi connectivity index (χ3n) is 2.70. The average molecular weight is 204 g/mol. The molecule has 0 spiro atoms. The Labute approximate surface area is 90.1 Å². The van der Waals surface area contributed by atoms with Gasteiger partial charge in [-0.1, -0.05) is 18.2 Å². The molecule has 1 fully saturated rings. The number of carbonyl (C=O) groups excluding carboxylic acids is 1. The Bertz CT molecular complexity index is 332. The number of carbonyl (C=O) groups is 1. The number of nitrogens with one attached hydrogen (secondary N) is 1. The Morgan fingerprint density at radius 2 is 2.13 bits per heavy atom. The van der Waals surface area contributed by atoms with Gasteiger partial charge in [0, 0.05) is 38.3 Å². The molecule has 80 valence electrons. The Hall–Kier alpha value is -1.19. The van der Waals surface area contributed by atoms with E-state index in [0.29, 0.717) is 0 Å². The largest absolute Gasteiger partial charge is 0.314 e. The molecule has 0 amide bonds. The molecule has 0 saturated carbocycles. The van der Waals surface area contributed by atoms with E-state index in [4.69, 9.17) is 0 Å². The first kappa shape index (κ1) is 10.3. The van der Waals surface area contributed by atoms with Crippen LogP contribution in [-0.2, 0) is 6.54 Å². The number of hydrogen-bond donors (Lipinski definition) is 1. The van der Waals surface area contributed by atoms with Crippen LogP contribution in [0, 0.1) is 0 Å². The van der Waals surface area contributed by atoms with E-state index >= 15 is 0 Å². The van der Waals surface area contributed by atoms with Crippen molar-refractivity contribution in [2.75, 3.05) is 26.2 Å². The highest BCUT2D eigenvalue weighted by Crippen LogP contribution is 2.07. The van der Waals surface area contributed by atoms with Gasteiger partial charge in [-0.2, -0.15) is 0 Å². The quantitative estimate of drug-likeness (QED) is 0.743. The first-order valence-electron chi connectivity index (χ1n) is 5.36. The van der Waals surface area contributed by atoms with Crippen LogP contribution < -0.4 is 5.32 Å². The molecule has 0 unspecified atom stereocenters. The number of hydrogen-bond acceptors (Lipinski definition) is 3. The average Bonchev–Trinajstić information content (AvgIpc) is 2.31. The molecular weight excluding hydrogens is 188 g/mol. The lowest BCUT2D eigenvalue weighted by Gasteiger charge is -2.27. The van der Waals surface area contributed by atoms with Crippen LogP contribution in [0.1, 0.15) is 15.9 Å². The summed E-state index contributed by atoms with van der Waals surface area (Å²) in [5.41, 5.74) is 1.99.